The van der Waals surface area contributed by atoms with Gasteiger partial charge in [0.1, 0.15) is 0 Å². The highest BCUT2D eigenvalue weighted by molar-refractivity contribution is 7.93. The highest BCUT2D eigenvalue weighted by atomic mass is 35.5. The van der Waals surface area contributed by atoms with E-state index in [1.54, 1.807) is 26.0 Å². The molecule has 0 radical (unpaired) electrons. The summed E-state index contributed by atoms with van der Waals surface area (Å²) in [6, 6.07) is 5.25. The van der Waals surface area contributed by atoms with Crippen molar-refractivity contribution in [3.8, 4) is 0 Å². The normalized spacial score (nSPS) is 11.8. The number of hydrogen-bond donors (Lipinski definition) is 1. The highest BCUT2D eigenvalue weighted by Gasteiger charge is 2.17. The first-order valence-electron chi connectivity index (χ1n) is 4.61. The molecule has 15 heavy (non-hydrogen) atoms. The van der Waals surface area contributed by atoms with Crippen LogP contribution in [0.3, 0.4) is 0 Å². The summed E-state index contributed by atoms with van der Waals surface area (Å²) in [6.45, 7) is 5.05. The molecule has 0 aliphatic rings. The Morgan fingerprint density at radius 1 is 1.33 bits per heavy atom. The van der Waals surface area contributed by atoms with Crippen molar-refractivity contribution in [2.45, 2.75) is 26.0 Å². The SMILES string of the molecule is Cc1cccc(Cl)c1NS(=O)(=O)C(C)C. The average Bonchev–Trinajstić information content (AvgIpc) is 2.11. The molecule has 0 unspecified atom stereocenters. The lowest BCUT2D eigenvalue weighted by atomic mass is 10.2. The topological polar surface area (TPSA) is 46.2 Å². The number of hydrogen-bond acceptors (Lipinski definition) is 2. The molecule has 0 atom stereocenters. The van der Waals surface area contributed by atoms with Gasteiger partial charge in [0.15, 0.2) is 0 Å². The molecule has 1 aromatic carbocycles. The molecule has 1 aromatic rings. The molecule has 0 aliphatic carbocycles. The number of rotatable bonds is 3. The van der Waals surface area contributed by atoms with E-state index in [9.17, 15) is 8.42 Å². The standard InChI is InChI=1S/C10H14ClNO2S/c1-7(2)15(13,14)12-10-8(3)5-4-6-9(10)11/h4-7,12H,1-3H3. The summed E-state index contributed by atoms with van der Waals surface area (Å²) in [6.07, 6.45) is 0. The molecule has 0 bridgehead atoms. The van der Waals surface area contributed by atoms with Gasteiger partial charge in [0, 0.05) is 0 Å². The van der Waals surface area contributed by atoms with Crippen LogP contribution in [0.15, 0.2) is 18.2 Å². The summed E-state index contributed by atoms with van der Waals surface area (Å²) in [5.74, 6) is 0. The van der Waals surface area contributed by atoms with Crippen LogP contribution in [-0.4, -0.2) is 13.7 Å². The van der Waals surface area contributed by atoms with E-state index < -0.39 is 15.3 Å². The molecule has 0 spiro atoms. The van der Waals surface area contributed by atoms with E-state index in [1.807, 2.05) is 13.0 Å². The number of sulfonamides is 1. The van der Waals surface area contributed by atoms with Crippen LogP contribution in [0.1, 0.15) is 19.4 Å². The Bertz CT molecular complexity index is 434. The van der Waals surface area contributed by atoms with Crippen LogP contribution in [0, 0.1) is 6.92 Å². The van der Waals surface area contributed by atoms with Gasteiger partial charge in [-0.1, -0.05) is 23.7 Å². The fourth-order valence-corrected chi connectivity index (χ4v) is 2.14. The number of aryl methyl sites for hydroxylation is 1. The molecule has 1 rings (SSSR count). The summed E-state index contributed by atoms with van der Waals surface area (Å²) in [5, 5.41) is -0.0626. The van der Waals surface area contributed by atoms with E-state index in [0.29, 0.717) is 10.7 Å². The van der Waals surface area contributed by atoms with E-state index in [0.717, 1.165) is 5.56 Å². The number of para-hydroxylation sites is 1. The molecule has 3 nitrogen and oxygen atoms in total. The van der Waals surface area contributed by atoms with E-state index in [4.69, 9.17) is 11.6 Å². The van der Waals surface area contributed by atoms with E-state index >= 15 is 0 Å². The Morgan fingerprint density at radius 2 is 1.93 bits per heavy atom. The molecule has 0 aliphatic heterocycles. The van der Waals surface area contributed by atoms with Gasteiger partial charge in [-0.3, -0.25) is 4.72 Å². The first kappa shape index (κ1) is 12.3. The quantitative estimate of drug-likeness (QED) is 0.893. The molecule has 0 heterocycles. The smallest absolute Gasteiger partial charge is 0.235 e. The summed E-state index contributed by atoms with van der Waals surface area (Å²) in [4.78, 5) is 0. The minimum Gasteiger partial charge on any atom is -0.282 e. The van der Waals surface area contributed by atoms with Crippen molar-refractivity contribution in [3.63, 3.8) is 0 Å². The van der Waals surface area contributed by atoms with Crippen molar-refractivity contribution in [1.82, 2.24) is 0 Å². The van der Waals surface area contributed by atoms with Gasteiger partial charge in [-0.05, 0) is 32.4 Å². The molecule has 0 saturated heterocycles. The third kappa shape index (κ3) is 2.86. The zero-order valence-electron chi connectivity index (χ0n) is 8.91. The largest absolute Gasteiger partial charge is 0.282 e. The van der Waals surface area contributed by atoms with Crippen LogP contribution in [0.2, 0.25) is 5.02 Å². The van der Waals surface area contributed by atoms with Crippen molar-refractivity contribution in [1.29, 1.82) is 0 Å². The monoisotopic (exact) mass is 247 g/mol. The van der Waals surface area contributed by atoms with Crippen molar-refractivity contribution < 1.29 is 8.42 Å². The van der Waals surface area contributed by atoms with Gasteiger partial charge < -0.3 is 0 Å². The second-order valence-corrected chi connectivity index (χ2v) is 6.27. The fraction of sp³-hybridized carbons (Fsp3) is 0.400. The predicted molar refractivity (Wildman–Crippen MR) is 63.9 cm³/mol. The second kappa shape index (κ2) is 4.41. The van der Waals surface area contributed by atoms with E-state index in [-0.39, 0.29) is 0 Å². The molecule has 84 valence electrons. The number of nitrogens with one attached hydrogen (secondary N) is 1. The maximum absolute atomic E-state index is 11.6. The molecule has 1 N–H and O–H groups in total. The van der Waals surface area contributed by atoms with Gasteiger partial charge in [0.2, 0.25) is 10.0 Å². The van der Waals surface area contributed by atoms with Crippen LogP contribution in [0.25, 0.3) is 0 Å². The van der Waals surface area contributed by atoms with E-state index in [1.165, 1.54) is 0 Å². The third-order valence-electron chi connectivity index (χ3n) is 2.09. The number of halogens is 1. The molecular weight excluding hydrogens is 234 g/mol. The zero-order chi connectivity index (χ0) is 11.6. The molecule has 0 saturated carbocycles. The van der Waals surface area contributed by atoms with Crippen LogP contribution < -0.4 is 4.72 Å². The van der Waals surface area contributed by atoms with Crippen LogP contribution in [0.5, 0.6) is 0 Å². The van der Waals surface area contributed by atoms with Gasteiger partial charge >= 0.3 is 0 Å². The third-order valence-corrected chi connectivity index (χ3v) is 4.13. The predicted octanol–water partition coefficient (Wildman–Crippen LogP) is 2.80. The summed E-state index contributed by atoms with van der Waals surface area (Å²) >= 11 is 5.91. The second-order valence-electron chi connectivity index (χ2n) is 3.63. The van der Waals surface area contributed by atoms with Crippen molar-refractivity contribution in [2.75, 3.05) is 4.72 Å². The molecule has 0 amide bonds. The lowest BCUT2D eigenvalue weighted by Gasteiger charge is -2.13. The maximum Gasteiger partial charge on any atom is 0.235 e. The molecule has 5 heteroatoms. The molecule has 0 aromatic heterocycles. The van der Waals surface area contributed by atoms with Crippen LogP contribution >= 0.6 is 11.6 Å². The van der Waals surface area contributed by atoms with Crippen LogP contribution in [-0.2, 0) is 10.0 Å². The van der Waals surface area contributed by atoms with Gasteiger partial charge in [-0.2, -0.15) is 0 Å². The minimum absolute atomic E-state index is 0.416. The molecular formula is C10H14ClNO2S. The van der Waals surface area contributed by atoms with Crippen molar-refractivity contribution in [3.05, 3.63) is 28.8 Å². The lowest BCUT2D eigenvalue weighted by Crippen LogP contribution is -2.23. The van der Waals surface area contributed by atoms with Gasteiger partial charge in [0.05, 0.1) is 16.0 Å². The maximum atomic E-state index is 11.6. The first-order valence-corrected chi connectivity index (χ1v) is 6.54. The zero-order valence-corrected chi connectivity index (χ0v) is 10.5. The highest BCUT2D eigenvalue weighted by Crippen LogP contribution is 2.26. The van der Waals surface area contributed by atoms with E-state index in [2.05, 4.69) is 4.72 Å². The Labute approximate surface area is 95.5 Å². The summed E-state index contributed by atoms with van der Waals surface area (Å²) in [7, 11) is -3.33. The Hall–Kier alpha value is -0.740. The summed E-state index contributed by atoms with van der Waals surface area (Å²) in [5.41, 5.74) is 1.28. The number of anilines is 1. The molecule has 0 fully saturated rings. The lowest BCUT2D eigenvalue weighted by molar-refractivity contribution is 0.592. The Balaban J connectivity index is 3.11. The van der Waals surface area contributed by atoms with Crippen molar-refractivity contribution in [2.24, 2.45) is 0 Å². The van der Waals surface area contributed by atoms with Crippen molar-refractivity contribution >= 4 is 27.3 Å². The van der Waals surface area contributed by atoms with Gasteiger partial charge in [0.25, 0.3) is 0 Å². The minimum atomic E-state index is -3.33. The Morgan fingerprint density at radius 3 is 2.40 bits per heavy atom. The van der Waals surface area contributed by atoms with Gasteiger partial charge in [-0.15, -0.1) is 0 Å². The first-order chi connectivity index (χ1) is 6.84. The summed E-state index contributed by atoms with van der Waals surface area (Å²) < 4.78 is 25.8. The van der Waals surface area contributed by atoms with Crippen LogP contribution in [0.4, 0.5) is 5.69 Å². The Kier molecular flexibility index (Phi) is 3.62. The number of benzene rings is 1. The van der Waals surface area contributed by atoms with Gasteiger partial charge in [-0.25, -0.2) is 8.42 Å². The average molecular weight is 248 g/mol. The fourth-order valence-electron chi connectivity index (χ4n) is 1.02.